The molecule has 0 saturated heterocycles. The summed E-state index contributed by atoms with van der Waals surface area (Å²) in [5.74, 6) is 0.249. The van der Waals surface area contributed by atoms with E-state index < -0.39 is 0 Å². The van der Waals surface area contributed by atoms with Crippen molar-refractivity contribution in [3.05, 3.63) is 59.7 Å². The van der Waals surface area contributed by atoms with Crippen LogP contribution in [0.3, 0.4) is 0 Å². The molecule has 0 amide bonds. The van der Waals surface area contributed by atoms with Crippen molar-refractivity contribution in [1.29, 1.82) is 0 Å². The number of rotatable bonds is 8. The normalized spacial score (nSPS) is 13.5. The van der Waals surface area contributed by atoms with E-state index >= 15 is 0 Å². The lowest BCUT2D eigenvalue weighted by molar-refractivity contribution is -0.123. The quantitative estimate of drug-likeness (QED) is 0.759. The highest BCUT2D eigenvalue weighted by Gasteiger charge is 2.18. The molecule has 0 aliphatic carbocycles. The Hall–Kier alpha value is -1.93. The van der Waals surface area contributed by atoms with Crippen molar-refractivity contribution in [3.63, 3.8) is 0 Å². The molecule has 2 atom stereocenters. The maximum atomic E-state index is 12.1. The van der Waals surface area contributed by atoms with E-state index in [1.807, 2.05) is 13.8 Å². The summed E-state index contributed by atoms with van der Waals surface area (Å²) in [6, 6.07) is 16.8. The summed E-state index contributed by atoms with van der Waals surface area (Å²) in [5.41, 5.74) is 11.2. The number of Topliss-reactive ketones (excluding diaryl/α,β-unsaturated/α-hetero) is 1. The molecule has 2 aromatic rings. The van der Waals surface area contributed by atoms with Gasteiger partial charge in [0, 0.05) is 5.92 Å². The van der Waals surface area contributed by atoms with Gasteiger partial charge in [0.15, 0.2) is 5.78 Å². The molecule has 128 valence electrons. The van der Waals surface area contributed by atoms with Crippen LogP contribution in [-0.4, -0.2) is 11.8 Å². The Balaban J connectivity index is 2.01. The van der Waals surface area contributed by atoms with E-state index in [4.69, 9.17) is 5.73 Å². The van der Waals surface area contributed by atoms with Gasteiger partial charge in [0.05, 0.1) is 6.04 Å². The first kappa shape index (κ1) is 18.4. The van der Waals surface area contributed by atoms with E-state index in [0.29, 0.717) is 6.42 Å². The number of aryl methyl sites for hydroxylation is 2. The molecule has 0 heterocycles. The third-order valence-corrected chi connectivity index (χ3v) is 4.87. The fraction of sp³-hybridized carbons (Fsp3) is 0.409. The predicted molar refractivity (Wildman–Crippen MR) is 102 cm³/mol. The third kappa shape index (κ3) is 4.55. The number of carbonyl (C=O) groups is 1. The summed E-state index contributed by atoms with van der Waals surface area (Å²) in [7, 11) is 0. The number of benzene rings is 2. The highest BCUT2D eigenvalue weighted by atomic mass is 16.1. The third-order valence-electron chi connectivity index (χ3n) is 4.87. The van der Waals surface area contributed by atoms with Crippen molar-refractivity contribution >= 4 is 5.78 Å². The van der Waals surface area contributed by atoms with E-state index in [1.54, 1.807) is 0 Å². The molecule has 0 aliphatic rings. The van der Waals surface area contributed by atoms with Crippen LogP contribution in [0.5, 0.6) is 0 Å². The number of hydrogen-bond acceptors (Lipinski definition) is 2. The van der Waals surface area contributed by atoms with Gasteiger partial charge in [-0.25, -0.2) is 0 Å². The summed E-state index contributed by atoms with van der Waals surface area (Å²) in [6.45, 7) is 6.17. The zero-order chi connectivity index (χ0) is 17.5. The zero-order valence-corrected chi connectivity index (χ0v) is 15.1. The molecule has 0 bridgehead atoms. The molecule has 24 heavy (non-hydrogen) atoms. The average Bonchev–Trinajstić information content (AvgIpc) is 2.65. The summed E-state index contributed by atoms with van der Waals surface area (Å²) in [4.78, 5) is 12.1. The first-order valence-electron chi connectivity index (χ1n) is 9.03. The van der Waals surface area contributed by atoms with Crippen LogP contribution in [0, 0.1) is 5.92 Å². The molecule has 0 radical (unpaired) electrons. The lowest BCUT2D eigenvalue weighted by atomic mass is 9.93. The fourth-order valence-corrected chi connectivity index (χ4v) is 2.99. The van der Waals surface area contributed by atoms with Gasteiger partial charge in [0.2, 0.25) is 0 Å². The van der Waals surface area contributed by atoms with Gasteiger partial charge in [-0.3, -0.25) is 4.79 Å². The van der Waals surface area contributed by atoms with Gasteiger partial charge < -0.3 is 5.73 Å². The van der Waals surface area contributed by atoms with E-state index in [1.165, 1.54) is 22.3 Å². The molecular weight excluding hydrogens is 294 g/mol. The molecule has 0 aromatic heterocycles. The molecule has 0 fully saturated rings. The maximum Gasteiger partial charge on any atom is 0.152 e. The van der Waals surface area contributed by atoms with Gasteiger partial charge in [0.25, 0.3) is 0 Å². The summed E-state index contributed by atoms with van der Waals surface area (Å²) in [5, 5.41) is 0. The van der Waals surface area contributed by atoms with Crippen LogP contribution in [0.1, 0.15) is 44.7 Å². The first-order chi connectivity index (χ1) is 11.6. The van der Waals surface area contributed by atoms with Crippen LogP contribution >= 0.6 is 0 Å². The zero-order valence-electron chi connectivity index (χ0n) is 15.1. The van der Waals surface area contributed by atoms with Crippen LogP contribution in [0.25, 0.3) is 11.1 Å². The van der Waals surface area contributed by atoms with Crippen LogP contribution in [0.4, 0.5) is 0 Å². The minimum atomic E-state index is -0.347. The molecular formula is C22H29NO. The predicted octanol–water partition coefficient (Wildman–Crippen LogP) is 4.79. The van der Waals surface area contributed by atoms with Crippen LogP contribution in [0.2, 0.25) is 0 Å². The summed E-state index contributed by atoms with van der Waals surface area (Å²) >= 11 is 0. The van der Waals surface area contributed by atoms with Crippen LogP contribution in [-0.2, 0) is 17.6 Å². The molecule has 0 aliphatic heterocycles. The molecule has 2 rings (SSSR count). The standard InChI is InChI=1S/C22H29NO/c1-4-16(3)22(24)21(23)15-12-17-10-13-19(14-11-17)20-9-7-6-8-18(20)5-2/h6-11,13-14,16,21H,4-5,12,15,23H2,1-3H3/t16?,21-/m0/s1. The monoisotopic (exact) mass is 323 g/mol. The Morgan fingerprint density at radius 3 is 2.33 bits per heavy atom. The molecule has 2 heteroatoms. The van der Waals surface area contributed by atoms with E-state index in [2.05, 4.69) is 55.5 Å². The number of ketones is 1. The topological polar surface area (TPSA) is 43.1 Å². The first-order valence-corrected chi connectivity index (χ1v) is 9.03. The van der Waals surface area contributed by atoms with Crippen molar-refractivity contribution in [3.8, 4) is 11.1 Å². The van der Waals surface area contributed by atoms with Gasteiger partial charge >= 0.3 is 0 Å². The number of hydrogen-bond donors (Lipinski definition) is 1. The van der Waals surface area contributed by atoms with E-state index in [0.717, 1.165) is 19.3 Å². The lowest BCUT2D eigenvalue weighted by Crippen LogP contribution is -2.34. The SMILES string of the molecule is CCc1ccccc1-c1ccc(CC[C@H](N)C(=O)C(C)CC)cc1. The van der Waals surface area contributed by atoms with Crippen LogP contribution in [0.15, 0.2) is 48.5 Å². The van der Waals surface area contributed by atoms with Crippen LogP contribution < -0.4 is 5.73 Å². The molecule has 2 nitrogen and oxygen atoms in total. The Kier molecular flexibility index (Phi) is 6.74. The van der Waals surface area contributed by atoms with Crippen molar-refractivity contribution in [2.45, 2.75) is 52.5 Å². The smallest absolute Gasteiger partial charge is 0.152 e. The van der Waals surface area contributed by atoms with Gasteiger partial charge in [-0.15, -0.1) is 0 Å². The molecule has 2 aromatic carbocycles. The highest BCUT2D eigenvalue weighted by molar-refractivity contribution is 5.85. The molecule has 0 saturated carbocycles. The molecule has 1 unspecified atom stereocenters. The van der Waals surface area contributed by atoms with Gasteiger partial charge in [-0.1, -0.05) is 69.3 Å². The molecule has 2 N–H and O–H groups in total. The van der Waals surface area contributed by atoms with E-state index in [9.17, 15) is 4.79 Å². The minimum Gasteiger partial charge on any atom is -0.321 e. The van der Waals surface area contributed by atoms with Crippen molar-refractivity contribution in [2.75, 3.05) is 0 Å². The maximum absolute atomic E-state index is 12.1. The summed E-state index contributed by atoms with van der Waals surface area (Å²) in [6.07, 6.45) is 3.45. The second-order valence-corrected chi connectivity index (χ2v) is 6.56. The summed E-state index contributed by atoms with van der Waals surface area (Å²) < 4.78 is 0. The lowest BCUT2D eigenvalue weighted by Gasteiger charge is -2.15. The molecule has 0 spiro atoms. The van der Waals surface area contributed by atoms with Gasteiger partial charge in [-0.2, -0.15) is 0 Å². The van der Waals surface area contributed by atoms with Crippen molar-refractivity contribution in [2.24, 2.45) is 11.7 Å². The van der Waals surface area contributed by atoms with Gasteiger partial charge in [-0.05, 0) is 47.9 Å². The number of carbonyl (C=O) groups excluding carboxylic acids is 1. The van der Waals surface area contributed by atoms with E-state index in [-0.39, 0.29) is 17.7 Å². The Labute approximate surface area is 146 Å². The largest absolute Gasteiger partial charge is 0.321 e. The second-order valence-electron chi connectivity index (χ2n) is 6.56. The average molecular weight is 323 g/mol. The Morgan fingerprint density at radius 2 is 1.71 bits per heavy atom. The van der Waals surface area contributed by atoms with Gasteiger partial charge in [0.1, 0.15) is 0 Å². The Morgan fingerprint density at radius 1 is 1.04 bits per heavy atom. The van der Waals surface area contributed by atoms with Crippen molar-refractivity contribution < 1.29 is 4.79 Å². The second kappa shape index (κ2) is 8.79. The Bertz CT molecular complexity index is 660. The fourth-order valence-electron chi connectivity index (χ4n) is 2.99. The minimum absolute atomic E-state index is 0.0629. The van der Waals surface area contributed by atoms with Crippen molar-refractivity contribution in [1.82, 2.24) is 0 Å². The highest BCUT2D eigenvalue weighted by Crippen LogP contribution is 2.24. The number of nitrogens with two attached hydrogens (primary N) is 1.